The number of amides is 3. The first-order chi connectivity index (χ1) is 14.9. The number of aliphatic hydroxyl groups is 1. The number of halogens is 1. The number of nitrogens with zero attached hydrogens (tertiary/aromatic N) is 2. The van der Waals surface area contributed by atoms with E-state index in [4.69, 9.17) is 16.3 Å². The number of likely N-dealkylation sites (tertiary alicyclic amines) is 1. The zero-order valence-corrected chi connectivity index (χ0v) is 18.0. The molecule has 8 heteroatoms. The predicted octanol–water partition coefficient (Wildman–Crippen LogP) is 3.33. The molecule has 2 aromatic carbocycles. The Bertz CT molecular complexity index is 919. The molecule has 0 atom stereocenters. The molecule has 0 aliphatic carbocycles. The average Bonchev–Trinajstić information content (AvgIpc) is 2.80. The predicted molar refractivity (Wildman–Crippen MR) is 118 cm³/mol. The lowest BCUT2D eigenvalue weighted by atomic mass is 9.84. The number of hydrogen-bond donors (Lipinski definition) is 2. The lowest BCUT2D eigenvalue weighted by Gasteiger charge is -2.38. The summed E-state index contributed by atoms with van der Waals surface area (Å²) in [5, 5.41) is 14.5. The summed E-state index contributed by atoms with van der Waals surface area (Å²) in [7, 11) is 0. The van der Waals surface area contributed by atoms with Gasteiger partial charge < -0.3 is 25.0 Å². The van der Waals surface area contributed by atoms with Crippen molar-refractivity contribution in [1.82, 2.24) is 9.80 Å². The maximum absolute atomic E-state index is 12.9. The van der Waals surface area contributed by atoms with E-state index < -0.39 is 5.60 Å². The highest BCUT2D eigenvalue weighted by Crippen LogP contribution is 2.33. The van der Waals surface area contributed by atoms with Crippen molar-refractivity contribution in [2.24, 2.45) is 0 Å². The average molecular weight is 444 g/mol. The number of urea groups is 1. The van der Waals surface area contributed by atoms with Gasteiger partial charge in [0.15, 0.2) is 0 Å². The zero-order valence-electron chi connectivity index (χ0n) is 17.2. The van der Waals surface area contributed by atoms with Crippen molar-refractivity contribution in [3.8, 4) is 0 Å². The Morgan fingerprint density at radius 2 is 1.52 bits per heavy atom. The molecule has 0 aromatic heterocycles. The Balaban J connectivity index is 1.33. The van der Waals surface area contributed by atoms with Gasteiger partial charge in [0.1, 0.15) is 0 Å². The molecule has 2 saturated heterocycles. The Morgan fingerprint density at radius 1 is 0.903 bits per heavy atom. The first-order valence-corrected chi connectivity index (χ1v) is 10.8. The molecule has 0 radical (unpaired) electrons. The maximum atomic E-state index is 12.9. The van der Waals surface area contributed by atoms with E-state index in [1.165, 1.54) is 0 Å². The monoisotopic (exact) mass is 443 g/mol. The summed E-state index contributed by atoms with van der Waals surface area (Å²) in [6.07, 6.45) is 0.933. The highest BCUT2D eigenvalue weighted by atomic mass is 35.5. The first kappa shape index (κ1) is 21.6. The van der Waals surface area contributed by atoms with Crippen molar-refractivity contribution in [1.29, 1.82) is 0 Å². The third kappa shape index (κ3) is 5.01. The van der Waals surface area contributed by atoms with Gasteiger partial charge in [0.2, 0.25) is 0 Å². The van der Waals surface area contributed by atoms with Gasteiger partial charge in [-0.2, -0.15) is 0 Å². The summed E-state index contributed by atoms with van der Waals surface area (Å²) in [4.78, 5) is 28.6. The minimum Gasteiger partial charge on any atom is -0.385 e. The van der Waals surface area contributed by atoms with Crippen LogP contribution >= 0.6 is 11.6 Å². The van der Waals surface area contributed by atoms with Gasteiger partial charge in [-0.1, -0.05) is 23.7 Å². The molecule has 3 amide bonds. The minimum atomic E-state index is -0.949. The lowest BCUT2D eigenvalue weighted by molar-refractivity contribution is -0.0211. The van der Waals surface area contributed by atoms with Crippen LogP contribution in [0.3, 0.4) is 0 Å². The summed E-state index contributed by atoms with van der Waals surface area (Å²) in [5.74, 6) is -0.0794. The van der Waals surface area contributed by atoms with Crippen molar-refractivity contribution in [3.05, 3.63) is 64.7 Å². The van der Waals surface area contributed by atoms with E-state index in [2.05, 4.69) is 5.32 Å². The van der Waals surface area contributed by atoms with Crippen molar-refractivity contribution in [3.63, 3.8) is 0 Å². The van der Waals surface area contributed by atoms with Gasteiger partial charge in [-0.3, -0.25) is 4.79 Å². The van der Waals surface area contributed by atoms with E-state index in [1.807, 2.05) is 12.1 Å². The summed E-state index contributed by atoms with van der Waals surface area (Å²) in [5.41, 5.74) is 1.07. The van der Waals surface area contributed by atoms with Gasteiger partial charge in [-0.15, -0.1) is 0 Å². The number of benzene rings is 2. The van der Waals surface area contributed by atoms with Gasteiger partial charge >= 0.3 is 6.03 Å². The van der Waals surface area contributed by atoms with Crippen LogP contribution in [0.15, 0.2) is 48.5 Å². The molecular weight excluding hydrogens is 418 g/mol. The van der Waals surface area contributed by atoms with E-state index in [-0.39, 0.29) is 11.9 Å². The SMILES string of the molecule is O=C(Nc1ccc(C(=O)N2CCC(O)(c3ccc(Cl)cc3)CC2)cc1)N1CCOCC1. The van der Waals surface area contributed by atoms with Crippen LogP contribution in [-0.2, 0) is 10.3 Å². The van der Waals surface area contributed by atoms with Crippen molar-refractivity contribution < 1.29 is 19.4 Å². The van der Waals surface area contributed by atoms with Crippen molar-refractivity contribution in [2.45, 2.75) is 18.4 Å². The summed E-state index contributed by atoms with van der Waals surface area (Å²) in [6.45, 7) is 3.16. The molecule has 0 spiro atoms. The van der Waals surface area contributed by atoms with Crippen LogP contribution in [0.5, 0.6) is 0 Å². The van der Waals surface area contributed by atoms with E-state index in [9.17, 15) is 14.7 Å². The number of carbonyl (C=O) groups excluding carboxylic acids is 2. The number of carbonyl (C=O) groups is 2. The number of nitrogens with one attached hydrogen (secondary N) is 1. The number of morpholine rings is 1. The largest absolute Gasteiger partial charge is 0.385 e. The van der Waals surface area contributed by atoms with Crippen LogP contribution in [0, 0.1) is 0 Å². The molecule has 2 aromatic rings. The van der Waals surface area contributed by atoms with Gasteiger partial charge in [0, 0.05) is 42.5 Å². The number of piperidine rings is 1. The highest BCUT2D eigenvalue weighted by molar-refractivity contribution is 6.30. The van der Waals surface area contributed by atoms with E-state index in [0.717, 1.165) is 5.56 Å². The molecule has 0 saturated carbocycles. The molecule has 164 valence electrons. The Hall–Kier alpha value is -2.61. The van der Waals surface area contributed by atoms with Crippen LogP contribution in [-0.4, -0.2) is 66.2 Å². The van der Waals surface area contributed by atoms with E-state index >= 15 is 0 Å². The quantitative estimate of drug-likeness (QED) is 0.762. The minimum absolute atomic E-state index is 0.0794. The Kier molecular flexibility index (Phi) is 6.46. The standard InChI is InChI=1S/C23H26ClN3O4/c24-19-5-3-18(4-6-19)23(30)9-11-26(12-10-23)21(28)17-1-7-20(8-2-17)25-22(29)27-13-15-31-16-14-27/h1-8,30H,9-16H2,(H,25,29). The second-order valence-electron chi connectivity index (χ2n) is 7.94. The van der Waals surface area contributed by atoms with Crippen LogP contribution in [0.25, 0.3) is 0 Å². The molecular formula is C23H26ClN3O4. The fourth-order valence-electron chi connectivity index (χ4n) is 3.98. The second kappa shape index (κ2) is 9.26. The van der Waals surface area contributed by atoms with Gasteiger partial charge in [-0.25, -0.2) is 4.79 Å². The molecule has 2 aliphatic heterocycles. The molecule has 2 N–H and O–H groups in total. The molecule has 4 rings (SSSR count). The third-order valence-electron chi connectivity index (χ3n) is 5.94. The van der Waals surface area contributed by atoms with Gasteiger partial charge in [0.05, 0.1) is 18.8 Å². The normalized spacial score (nSPS) is 18.5. The summed E-state index contributed by atoms with van der Waals surface area (Å²) < 4.78 is 5.26. The fraction of sp³-hybridized carbons (Fsp3) is 0.391. The number of anilines is 1. The van der Waals surface area contributed by atoms with Crippen LogP contribution in [0.1, 0.15) is 28.8 Å². The number of hydrogen-bond acceptors (Lipinski definition) is 4. The molecule has 0 bridgehead atoms. The highest BCUT2D eigenvalue weighted by Gasteiger charge is 2.35. The molecule has 31 heavy (non-hydrogen) atoms. The van der Waals surface area contributed by atoms with Crippen LogP contribution in [0.4, 0.5) is 10.5 Å². The van der Waals surface area contributed by atoms with Crippen LogP contribution in [0.2, 0.25) is 5.02 Å². The maximum Gasteiger partial charge on any atom is 0.321 e. The summed E-state index contributed by atoms with van der Waals surface area (Å²) in [6, 6.07) is 14.0. The second-order valence-corrected chi connectivity index (χ2v) is 8.37. The van der Waals surface area contributed by atoms with Crippen LogP contribution < -0.4 is 5.32 Å². The first-order valence-electron chi connectivity index (χ1n) is 10.5. The topological polar surface area (TPSA) is 82.1 Å². The molecule has 0 unspecified atom stereocenters. The molecule has 2 aliphatic rings. The van der Waals surface area contributed by atoms with E-state index in [0.29, 0.717) is 68.5 Å². The van der Waals surface area contributed by atoms with Gasteiger partial charge in [-0.05, 0) is 54.8 Å². The number of rotatable bonds is 3. The Labute approximate surface area is 186 Å². The lowest BCUT2D eigenvalue weighted by Crippen LogP contribution is -2.45. The van der Waals surface area contributed by atoms with Crippen molar-refractivity contribution >= 4 is 29.2 Å². The Morgan fingerprint density at radius 3 is 2.13 bits per heavy atom. The fourth-order valence-corrected chi connectivity index (χ4v) is 4.10. The number of ether oxygens (including phenoxy) is 1. The van der Waals surface area contributed by atoms with Crippen molar-refractivity contribution in [2.75, 3.05) is 44.7 Å². The summed E-state index contributed by atoms with van der Waals surface area (Å²) >= 11 is 5.94. The third-order valence-corrected chi connectivity index (χ3v) is 6.19. The zero-order chi connectivity index (χ0) is 21.8. The smallest absolute Gasteiger partial charge is 0.321 e. The molecule has 2 heterocycles. The van der Waals surface area contributed by atoms with E-state index in [1.54, 1.807) is 46.2 Å². The molecule has 2 fully saturated rings. The molecule has 7 nitrogen and oxygen atoms in total. The van der Waals surface area contributed by atoms with Gasteiger partial charge in [0.25, 0.3) is 5.91 Å².